The van der Waals surface area contributed by atoms with Crippen molar-refractivity contribution in [2.75, 3.05) is 0 Å². The lowest BCUT2D eigenvalue weighted by molar-refractivity contribution is 0.565. The van der Waals surface area contributed by atoms with Gasteiger partial charge < -0.3 is 5.32 Å². The summed E-state index contributed by atoms with van der Waals surface area (Å²) in [5, 5.41) is 3.54. The Hall–Kier alpha value is -1.67. The zero-order valence-electron chi connectivity index (χ0n) is 12.2. The molecule has 100 valence electrons. The van der Waals surface area contributed by atoms with Crippen LogP contribution >= 0.6 is 0 Å². The molecule has 0 aliphatic rings. The molecule has 0 amide bonds. The van der Waals surface area contributed by atoms with Gasteiger partial charge in [0.1, 0.15) is 0 Å². The third-order valence-corrected chi connectivity index (χ3v) is 3.46. The number of nitrogens with one attached hydrogen (secondary N) is 1. The van der Waals surface area contributed by atoms with Crippen LogP contribution in [0.25, 0.3) is 0 Å². The van der Waals surface area contributed by atoms with Crippen molar-refractivity contribution >= 4 is 0 Å². The minimum absolute atomic E-state index is 0.336. The van der Waals surface area contributed by atoms with Gasteiger partial charge in [-0.1, -0.05) is 29.8 Å². The van der Waals surface area contributed by atoms with E-state index in [1.807, 2.05) is 6.20 Å². The van der Waals surface area contributed by atoms with Gasteiger partial charge in [-0.25, -0.2) is 0 Å². The normalized spacial score (nSPS) is 12.4. The number of hydrogen-bond donors (Lipinski definition) is 1. The molecule has 0 fully saturated rings. The van der Waals surface area contributed by atoms with Crippen molar-refractivity contribution in [1.82, 2.24) is 10.3 Å². The van der Waals surface area contributed by atoms with Gasteiger partial charge in [-0.05, 0) is 50.5 Å². The first-order valence-electron chi connectivity index (χ1n) is 6.78. The average molecular weight is 254 g/mol. The van der Waals surface area contributed by atoms with E-state index in [1.54, 1.807) is 0 Å². The molecule has 1 aromatic heterocycles. The summed E-state index contributed by atoms with van der Waals surface area (Å²) in [5.74, 6) is 0. The van der Waals surface area contributed by atoms with Crippen molar-refractivity contribution in [2.45, 2.75) is 40.3 Å². The molecule has 0 radical (unpaired) electrons. The van der Waals surface area contributed by atoms with Gasteiger partial charge in [-0.3, -0.25) is 4.98 Å². The summed E-state index contributed by atoms with van der Waals surface area (Å²) >= 11 is 0. The lowest BCUT2D eigenvalue weighted by Crippen LogP contribution is -2.19. The summed E-state index contributed by atoms with van der Waals surface area (Å²) in [6.45, 7) is 9.36. The summed E-state index contributed by atoms with van der Waals surface area (Å²) < 4.78 is 0. The van der Waals surface area contributed by atoms with Gasteiger partial charge in [0.2, 0.25) is 0 Å². The Balaban J connectivity index is 2.03. The Morgan fingerprint density at radius 3 is 2.47 bits per heavy atom. The van der Waals surface area contributed by atoms with Gasteiger partial charge in [-0.15, -0.1) is 0 Å². The van der Waals surface area contributed by atoms with Crippen LogP contribution in [0, 0.1) is 20.8 Å². The van der Waals surface area contributed by atoms with Crippen LogP contribution in [-0.2, 0) is 6.54 Å². The van der Waals surface area contributed by atoms with Crippen molar-refractivity contribution in [1.29, 1.82) is 0 Å². The third kappa shape index (κ3) is 3.65. The molecular weight excluding hydrogens is 232 g/mol. The third-order valence-electron chi connectivity index (χ3n) is 3.46. The maximum Gasteiger partial charge on any atom is 0.0542 e. The number of hydrogen-bond acceptors (Lipinski definition) is 2. The Morgan fingerprint density at radius 1 is 1.05 bits per heavy atom. The van der Waals surface area contributed by atoms with Crippen molar-refractivity contribution in [2.24, 2.45) is 0 Å². The summed E-state index contributed by atoms with van der Waals surface area (Å²) in [6, 6.07) is 11.1. The molecule has 19 heavy (non-hydrogen) atoms. The van der Waals surface area contributed by atoms with Crippen LogP contribution in [0.3, 0.4) is 0 Å². The molecular formula is C17H22N2. The summed E-state index contributed by atoms with van der Waals surface area (Å²) in [4.78, 5) is 4.42. The molecule has 1 aromatic carbocycles. The van der Waals surface area contributed by atoms with E-state index in [0.29, 0.717) is 6.04 Å². The van der Waals surface area contributed by atoms with Crippen molar-refractivity contribution in [3.05, 3.63) is 64.5 Å². The van der Waals surface area contributed by atoms with Crippen LogP contribution in [0.4, 0.5) is 0 Å². The summed E-state index contributed by atoms with van der Waals surface area (Å²) in [6.07, 6.45) is 1.92. The second-order valence-electron chi connectivity index (χ2n) is 5.29. The van der Waals surface area contributed by atoms with Gasteiger partial charge >= 0.3 is 0 Å². The molecule has 0 bridgehead atoms. The van der Waals surface area contributed by atoms with Gasteiger partial charge in [0.25, 0.3) is 0 Å². The number of pyridine rings is 1. The van der Waals surface area contributed by atoms with E-state index in [-0.39, 0.29) is 0 Å². The lowest BCUT2D eigenvalue weighted by atomic mass is 10.00. The van der Waals surface area contributed by atoms with Crippen LogP contribution in [0.15, 0.2) is 36.5 Å². The minimum atomic E-state index is 0.336. The van der Waals surface area contributed by atoms with Crippen LogP contribution < -0.4 is 5.32 Å². The highest BCUT2D eigenvalue weighted by Gasteiger charge is 2.08. The van der Waals surface area contributed by atoms with E-state index in [4.69, 9.17) is 0 Å². The molecule has 0 aliphatic heterocycles. The second kappa shape index (κ2) is 5.98. The zero-order chi connectivity index (χ0) is 13.8. The van der Waals surface area contributed by atoms with Gasteiger partial charge in [0.05, 0.1) is 5.69 Å². The van der Waals surface area contributed by atoms with E-state index >= 15 is 0 Å². The number of aromatic nitrogens is 1. The van der Waals surface area contributed by atoms with Crippen molar-refractivity contribution in [3.8, 4) is 0 Å². The molecule has 2 rings (SSSR count). The predicted octanol–water partition coefficient (Wildman–Crippen LogP) is 3.86. The SMILES string of the molecule is Cc1ccc(CNC(C)c2cc(C)ccc2C)nc1. The first-order valence-corrected chi connectivity index (χ1v) is 6.78. The lowest BCUT2D eigenvalue weighted by Gasteiger charge is -2.17. The van der Waals surface area contributed by atoms with E-state index in [1.165, 1.54) is 22.3 Å². The van der Waals surface area contributed by atoms with Gasteiger partial charge in [0, 0.05) is 18.8 Å². The molecule has 0 saturated carbocycles. The first-order chi connectivity index (χ1) is 9.06. The zero-order valence-corrected chi connectivity index (χ0v) is 12.2. The van der Waals surface area contributed by atoms with E-state index < -0.39 is 0 Å². The fraction of sp³-hybridized carbons (Fsp3) is 0.353. The summed E-state index contributed by atoms with van der Waals surface area (Å²) in [7, 11) is 0. The highest BCUT2D eigenvalue weighted by molar-refractivity contribution is 5.32. The second-order valence-corrected chi connectivity index (χ2v) is 5.29. The number of benzene rings is 1. The summed E-state index contributed by atoms with van der Waals surface area (Å²) in [5.41, 5.74) is 6.30. The van der Waals surface area contributed by atoms with Crippen LogP contribution in [0.5, 0.6) is 0 Å². The molecule has 2 aromatic rings. The quantitative estimate of drug-likeness (QED) is 0.896. The van der Waals surface area contributed by atoms with Crippen LogP contribution in [0.2, 0.25) is 0 Å². The predicted molar refractivity (Wildman–Crippen MR) is 80.1 cm³/mol. The topological polar surface area (TPSA) is 24.9 Å². The van der Waals surface area contributed by atoms with E-state index in [2.05, 4.69) is 68.3 Å². The molecule has 2 nitrogen and oxygen atoms in total. The standard InChI is InChI=1S/C17H22N2/c1-12-5-7-14(3)17(9-12)15(4)18-11-16-8-6-13(2)10-19-16/h5-10,15,18H,11H2,1-4H3. The maximum absolute atomic E-state index is 4.42. The highest BCUT2D eigenvalue weighted by Crippen LogP contribution is 2.19. The minimum Gasteiger partial charge on any atom is -0.305 e. The molecule has 0 spiro atoms. The molecule has 0 aliphatic carbocycles. The number of rotatable bonds is 4. The maximum atomic E-state index is 4.42. The Labute approximate surface area is 115 Å². The van der Waals surface area contributed by atoms with Crippen molar-refractivity contribution < 1.29 is 0 Å². The average Bonchev–Trinajstić information content (AvgIpc) is 2.40. The molecule has 1 unspecified atom stereocenters. The molecule has 1 heterocycles. The first kappa shape index (κ1) is 13.8. The smallest absolute Gasteiger partial charge is 0.0542 e. The van der Waals surface area contributed by atoms with Crippen LogP contribution in [0.1, 0.15) is 40.9 Å². The molecule has 1 atom stereocenters. The van der Waals surface area contributed by atoms with Crippen molar-refractivity contribution in [3.63, 3.8) is 0 Å². The molecule has 0 saturated heterocycles. The fourth-order valence-electron chi connectivity index (χ4n) is 2.20. The number of aryl methyl sites for hydroxylation is 3. The molecule has 2 heteroatoms. The highest BCUT2D eigenvalue weighted by atomic mass is 14.9. The molecule has 1 N–H and O–H groups in total. The Kier molecular flexibility index (Phi) is 4.33. The van der Waals surface area contributed by atoms with Gasteiger partial charge in [-0.2, -0.15) is 0 Å². The Bertz CT molecular complexity index is 544. The monoisotopic (exact) mass is 254 g/mol. The van der Waals surface area contributed by atoms with Crippen LogP contribution in [-0.4, -0.2) is 4.98 Å². The van der Waals surface area contributed by atoms with Gasteiger partial charge in [0.15, 0.2) is 0 Å². The van der Waals surface area contributed by atoms with E-state index in [9.17, 15) is 0 Å². The van der Waals surface area contributed by atoms with E-state index in [0.717, 1.165) is 12.2 Å². The largest absolute Gasteiger partial charge is 0.305 e. The fourth-order valence-corrected chi connectivity index (χ4v) is 2.20. The number of nitrogens with zero attached hydrogens (tertiary/aromatic N) is 1. The Morgan fingerprint density at radius 2 is 1.79 bits per heavy atom.